The molecule has 2 rings (SSSR count). The molecule has 0 N–H and O–H groups in total. The second kappa shape index (κ2) is 4.58. The van der Waals surface area contributed by atoms with E-state index in [9.17, 15) is 4.79 Å². The van der Waals surface area contributed by atoms with Crippen molar-refractivity contribution in [1.29, 1.82) is 0 Å². The maximum Gasteiger partial charge on any atom is 0.398 e. The standard InChI is InChI=1S/C11H12INO3/c1-7-13(10(14)11(15-2)16-7)9-5-3-8(12)4-6-9/h3-6,8,11H,1-2H3. The summed E-state index contributed by atoms with van der Waals surface area (Å²) >= 11 is 2.30. The quantitative estimate of drug-likeness (QED) is 0.332. The van der Waals surface area contributed by atoms with Crippen LogP contribution in [0.5, 0.6) is 0 Å². The molecule has 0 radical (unpaired) electrons. The van der Waals surface area contributed by atoms with Gasteiger partial charge in [-0.3, -0.25) is 4.79 Å². The van der Waals surface area contributed by atoms with E-state index in [0.29, 0.717) is 9.82 Å². The fourth-order valence-electron chi connectivity index (χ4n) is 1.63. The van der Waals surface area contributed by atoms with Crippen molar-refractivity contribution >= 4 is 34.4 Å². The number of alkyl halides is 1. The second-order valence-corrected chi connectivity index (χ2v) is 4.90. The molecule has 1 amide bonds. The number of rotatable bonds is 2. The molecular weight excluding hydrogens is 321 g/mol. The Morgan fingerprint density at radius 3 is 2.62 bits per heavy atom. The van der Waals surface area contributed by atoms with Gasteiger partial charge in [0, 0.05) is 14.0 Å². The number of hydrogen-bond donors (Lipinski definition) is 0. The zero-order valence-electron chi connectivity index (χ0n) is 9.01. The van der Waals surface area contributed by atoms with Crippen LogP contribution >= 0.6 is 22.6 Å². The first-order valence-electron chi connectivity index (χ1n) is 4.88. The summed E-state index contributed by atoms with van der Waals surface area (Å²) in [5.74, 6) is 0.365. The molecule has 86 valence electrons. The van der Waals surface area contributed by atoms with Gasteiger partial charge in [-0.2, -0.15) is 4.58 Å². The fraction of sp³-hybridized carbons (Fsp3) is 0.364. The second-order valence-electron chi connectivity index (χ2n) is 3.47. The van der Waals surface area contributed by atoms with Crippen LogP contribution in [0.1, 0.15) is 6.92 Å². The molecule has 5 heteroatoms. The van der Waals surface area contributed by atoms with E-state index in [1.165, 1.54) is 11.7 Å². The SMILES string of the molecule is COC1OC(C)=[N+]([C-]2C=CC(I)C=C2)C1=O. The molecule has 0 fully saturated rings. The third-order valence-corrected chi connectivity index (χ3v) is 3.22. The zero-order valence-corrected chi connectivity index (χ0v) is 11.2. The van der Waals surface area contributed by atoms with Crippen molar-refractivity contribution < 1.29 is 18.8 Å². The average Bonchev–Trinajstić information content (AvgIpc) is 2.56. The van der Waals surface area contributed by atoms with Gasteiger partial charge in [-0.05, 0) is 3.92 Å². The first-order valence-corrected chi connectivity index (χ1v) is 6.12. The molecule has 4 nitrogen and oxygen atoms in total. The third-order valence-electron chi connectivity index (χ3n) is 2.39. The van der Waals surface area contributed by atoms with Crippen molar-refractivity contribution in [2.24, 2.45) is 0 Å². The van der Waals surface area contributed by atoms with Crippen LogP contribution in [0.25, 0.3) is 0 Å². The van der Waals surface area contributed by atoms with Crippen LogP contribution in [-0.2, 0) is 14.3 Å². The molecule has 0 saturated carbocycles. The summed E-state index contributed by atoms with van der Waals surface area (Å²) in [6, 6.07) is 0.815. The van der Waals surface area contributed by atoms with Crippen molar-refractivity contribution in [2.75, 3.05) is 7.11 Å². The molecular formula is C11H12INO3. The molecule has 16 heavy (non-hydrogen) atoms. The summed E-state index contributed by atoms with van der Waals surface area (Å²) in [4.78, 5) is 11.9. The minimum absolute atomic E-state index is 0.184. The smallest absolute Gasteiger partial charge is 0.398 e. The highest BCUT2D eigenvalue weighted by atomic mass is 127. The lowest BCUT2D eigenvalue weighted by Gasteiger charge is -2.14. The maximum absolute atomic E-state index is 11.9. The highest BCUT2D eigenvalue weighted by Gasteiger charge is 2.39. The number of carbonyl (C=O) groups excluding carboxylic acids is 1. The summed E-state index contributed by atoms with van der Waals surface area (Å²) in [5.41, 5.74) is 0. The minimum Gasteiger partial charge on any atom is -0.446 e. The Kier molecular flexibility index (Phi) is 3.34. The van der Waals surface area contributed by atoms with Crippen molar-refractivity contribution in [2.45, 2.75) is 17.1 Å². The van der Waals surface area contributed by atoms with Gasteiger partial charge in [0.2, 0.25) is 0 Å². The van der Waals surface area contributed by atoms with Crippen molar-refractivity contribution in [3.05, 3.63) is 30.3 Å². The Hall–Kier alpha value is -0.820. The maximum atomic E-state index is 11.9. The number of amides is 1. The molecule has 1 atom stereocenters. The highest BCUT2D eigenvalue weighted by molar-refractivity contribution is 14.1. The van der Waals surface area contributed by atoms with Gasteiger partial charge in [0.1, 0.15) is 6.04 Å². The lowest BCUT2D eigenvalue weighted by Crippen LogP contribution is -2.29. The summed E-state index contributed by atoms with van der Waals surface area (Å²) in [6.07, 6.45) is 7.07. The molecule has 1 aliphatic heterocycles. The van der Waals surface area contributed by atoms with Gasteiger partial charge in [0.15, 0.2) is 0 Å². The van der Waals surface area contributed by atoms with E-state index >= 15 is 0 Å². The van der Waals surface area contributed by atoms with E-state index in [4.69, 9.17) is 9.47 Å². The van der Waals surface area contributed by atoms with E-state index in [0.717, 1.165) is 6.04 Å². The van der Waals surface area contributed by atoms with Gasteiger partial charge in [-0.1, -0.05) is 34.7 Å². The number of carbonyl (C=O) groups is 1. The van der Waals surface area contributed by atoms with E-state index in [-0.39, 0.29) is 5.91 Å². The van der Waals surface area contributed by atoms with Gasteiger partial charge >= 0.3 is 5.91 Å². The van der Waals surface area contributed by atoms with E-state index < -0.39 is 6.29 Å². The van der Waals surface area contributed by atoms with Gasteiger partial charge in [-0.25, -0.2) is 0 Å². The van der Waals surface area contributed by atoms with Crippen molar-refractivity contribution in [3.8, 4) is 0 Å². The Balaban J connectivity index is 2.22. The lowest BCUT2D eigenvalue weighted by atomic mass is 10.1. The molecule has 0 aromatic carbocycles. The number of allylic oxidation sites excluding steroid dienone is 2. The monoisotopic (exact) mass is 333 g/mol. The number of hydrogen-bond acceptors (Lipinski definition) is 3. The Morgan fingerprint density at radius 2 is 2.12 bits per heavy atom. The van der Waals surface area contributed by atoms with Crippen molar-refractivity contribution in [3.63, 3.8) is 0 Å². The number of halogens is 1. The van der Waals surface area contributed by atoms with Crippen LogP contribution in [0, 0.1) is 6.04 Å². The van der Waals surface area contributed by atoms with Crippen LogP contribution in [0.2, 0.25) is 0 Å². The van der Waals surface area contributed by atoms with E-state index in [2.05, 4.69) is 22.6 Å². The largest absolute Gasteiger partial charge is 0.446 e. The molecule has 0 aromatic rings. The van der Waals surface area contributed by atoms with Crippen LogP contribution in [-0.4, -0.2) is 33.7 Å². The molecule has 0 bridgehead atoms. The van der Waals surface area contributed by atoms with Gasteiger partial charge < -0.3 is 9.47 Å². The first-order chi connectivity index (χ1) is 7.63. The van der Waals surface area contributed by atoms with E-state index in [1.54, 1.807) is 6.92 Å². The Labute approximate surface area is 108 Å². The average molecular weight is 333 g/mol. The van der Waals surface area contributed by atoms with Gasteiger partial charge in [-0.15, -0.1) is 12.2 Å². The van der Waals surface area contributed by atoms with Crippen molar-refractivity contribution in [1.82, 2.24) is 0 Å². The lowest BCUT2D eigenvalue weighted by molar-refractivity contribution is -0.419. The highest BCUT2D eigenvalue weighted by Crippen LogP contribution is 2.22. The third kappa shape index (κ3) is 2.01. The first kappa shape index (κ1) is 11.7. The Bertz CT molecular complexity index is 386. The molecule has 1 aliphatic carbocycles. The summed E-state index contributed by atoms with van der Waals surface area (Å²) in [5, 5.41) is 0. The summed E-state index contributed by atoms with van der Waals surface area (Å²) < 4.78 is 12.1. The topological polar surface area (TPSA) is 38.5 Å². The normalized spacial score (nSPS) is 25.6. The fourth-order valence-corrected chi connectivity index (χ4v) is 2.04. The number of nitrogens with zero attached hydrogens (tertiary/aromatic N) is 1. The summed E-state index contributed by atoms with van der Waals surface area (Å²) in [6.45, 7) is 1.75. The van der Waals surface area contributed by atoms with Crippen LogP contribution in [0.4, 0.5) is 0 Å². The van der Waals surface area contributed by atoms with Crippen LogP contribution in [0.15, 0.2) is 24.3 Å². The van der Waals surface area contributed by atoms with Gasteiger partial charge in [0.05, 0.1) is 0 Å². The molecule has 0 aromatic heterocycles. The number of methoxy groups -OCH3 is 1. The molecule has 2 aliphatic rings. The zero-order chi connectivity index (χ0) is 11.7. The van der Waals surface area contributed by atoms with E-state index in [1.807, 2.05) is 24.3 Å². The molecule has 0 spiro atoms. The predicted molar refractivity (Wildman–Crippen MR) is 67.2 cm³/mol. The van der Waals surface area contributed by atoms with Crippen LogP contribution < -0.4 is 0 Å². The number of ether oxygens (including phenoxy) is 2. The Morgan fingerprint density at radius 1 is 1.50 bits per heavy atom. The summed E-state index contributed by atoms with van der Waals surface area (Å²) in [7, 11) is 1.46. The van der Waals surface area contributed by atoms with Crippen LogP contribution in [0.3, 0.4) is 0 Å². The molecule has 1 heterocycles. The molecule has 1 unspecified atom stereocenters. The minimum atomic E-state index is -0.813. The van der Waals surface area contributed by atoms with Gasteiger partial charge in [0.25, 0.3) is 12.2 Å². The molecule has 0 saturated heterocycles. The predicted octanol–water partition coefficient (Wildman–Crippen LogP) is 1.41.